The minimum absolute atomic E-state index is 0.00874. The molecule has 0 saturated carbocycles. The summed E-state index contributed by atoms with van der Waals surface area (Å²) in [4.78, 5) is 40.7. The fourth-order valence-electron chi connectivity index (χ4n) is 5.33. The van der Waals surface area contributed by atoms with Gasteiger partial charge in [-0.15, -0.1) is 0 Å². The molecule has 0 bridgehead atoms. The molecule has 230 valence electrons. The summed E-state index contributed by atoms with van der Waals surface area (Å²) in [6.07, 6.45) is -9.95. The molecule has 1 N–H and O–H groups in total. The van der Waals surface area contributed by atoms with Gasteiger partial charge < -0.3 is 15.1 Å². The molecule has 2 aromatic carbocycles. The van der Waals surface area contributed by atoms with Crippen molar-refractivity contribution in [3.05, 3.63) is 70.0 Å². The zero-order valence-corrected chi connectivity index (χ0v) is 23.7. The minimum atomic E-state index is -5.08. The highest BCUT2D eigenvalue weighted by Crippen LogP contribution is 2.40. The summed E-state index contributed by atoms with van der Waals surface area (Å²) in [6, 6.07) is 4.50. The quantitative estimate of drug-likeness (QED) is 0.448. The SMILES string of the molecule is CC(=O)NCC(=O)N1CC[C@@H](N(C)C(=O)C(C)(C)c2cc(C(F)(F)F)cc(C(F)(F)F)c2)[C@H](c2ccc(F)cc2C)C1. The van der Waals surface area contributed by atoms with E-state index in [1.54, 1.807) is 6.92 Å². The summed E-state index contributed by atoms with van der Waals surface area (Å²) >= 11 is 0. The second-order valence-electron chi connectivity index (χ2n) is 11.0. The molecule has 0 aromatic heterocycles. The highest BCUT2D eigenvalue weighted by molar-refractivity contribution is 5.88. The maximum atomic E-state index is 13.9. The Hall–Kier alpha value is -3.64. The number of nitrogens with one attached hydrogen (secondary N) is 1. The summed E-state index contributed by atoms with van der Waals surface area (Å²) in [7, 11) is 1.41. The molecule has 42 heavy (non-hydrogen) atoms. The van der Waals surface area contributed by atoms with Gasteiger partial charge in [0.2, 0.25) is 17.7 Å². The number of likely N-dealkylation sites (N-methyl/N-ethyl adjacent to an activating group) is 1. The first-order valence-electron chi connectivity index (χ1n) is 13.1. The van der Waals surface area contributed by atoms with Gasteiger partial charge in [0.05, 0.1) is 23.1 Å². The summed E-state index contributed by atoms with van der Waals surface area (Å²) in [5.41, 5.74) is -4.16. The predicted molar refractivity (Wildman–Crippen MR) is 140 cm³/mol. The molecule has 0 unspecified atom stereocenters. The Balaban J connectivity index is 2.01. The van der Waals surface area contributed by atoms with Gasteiger partial charge in [0, 0.05) is 39.0 Å². The number of alkyl halides is 6. The van der Waals surface area contributed by atoms with Crippen LogP contribution in [0.2, 0.25) is 0 Å². The van der Waals surface area contributed by atoms with Crippen LogP contribution in [0.15, 0.2) is 36.4 Å². The summed E-state index contributed by atoms with van der Waals surface area (Å²) in [5, 5.41) is 2.43. The number of nitrogens with zero attached hydrogens (tertiary/aromatic N) is 2. The smallest absolute Gasteiger partial charge is 0.347 e. The van der Waals surface area contributed by atoms with Crippen molar-refractivity contribution in [1.29, 1.82) is 0 Å². The number of amides is 3. The van der Waals surface area contributed by atoms with E-state index in [-0.39, 0.29) is 38.0 Å². The summed E-state index contributed by atoms with van der Waals surface area (Å²) in [5.74, 6) is -2.59. The van der Waals surface area contributed by atoms with Crippen molar-refractivity contribution in [2.45, 2.75) is 63.8 Å². The van der Waals surface area contributed by atoms with E-state index < -0.39 is 64.0 Å². The van der Waals surface area contributed by atoms with E-state index in [0.29, 0.717) is 23.3 Å². The number of carbonyl (C=O) groups is 3. The highest BCUT2D eigenvalue weighted by Gasteiger charge is 2.44. The molecule has 1 aliphatic rings. The van der Waals surface area contributed by atoms with E-state index in [9.17, 15) is 45.1 Å². The zero-order chi connectivity index (χ0) is 31.8. The van der Waals surface area contributed by atoms with Crippen molar-refractivity contribution < 1.29 is 45.1 Å². The molecule has 0 radical (unpaired) electrons. The minimum Gasteiger partial charge on any atom is -0.347 e. The van der Waals surface area contributed by atoms with Crippen LogP contribution in [0, 0.1) is 12.7 Å². The average Bonchev–Trinajstić information content (AvgIpc) is 2.89. The lowest BCUT2D eigenvalue weighted by Crippen LogP contribution is -2.55. The molecule has 0 spiro atoms. The molecule has 13 heteroatoms. The van der Waals surface area contributed by atoms with E-state index in [1.165, 1.54) is 55.8 Å². The summed E-state index contributed by atoms with van der Waals surface area (Å²) in [6.45, 7) is 5.41. The predicted octanol–water partition coefficient (Wildman–Crippen LogP) is 5.43. The maximum Gasteiger partial charge on any atom is 0.416 e. The Bertz CT molecular complexity index is 1320. The zero-order valence-electron chi connectivity index (χ0n) is 23.7. The third kappa shape index (κ3) is 7.22. The van der Waals surface area contributed by atoms with Gasteiger partial charge in [0.1, 0.15) is 5.82 Å². The van der Waals surface area contributed by atoms with E-state index >= 15 is 0 Å². The van der Waals surface area contributed by atoms with Gasteiger partial charge in [-0.05, 0) is 74.2 Å². The molecule has 2 aromatic rings. The fourth-order valence-corrected chi connectivity index (χ4v) is 5.33. The van der Waals surface area contributed by atoms with Crippen LogP contribution in [0.4, 0.5) is 30.7 Å². The van der Waals surface area contributed by atoms with Gasteiger partial charge in [0.25, 0.3) is 0 Å². The van der Waals surface area contributed by atoms with Crippen molar-refractivity contribution in [2.24, 2.45) is 0 Å². The normalized spacial score (nSPS) is 18.0. The first-order valence-corrected chi connectivity index (χ1v) is 13.1. The number of hydrogen-bond donors (Lipinski definition) is 1. The lowest BCUT2D eigenvalue weighted by atomic mass is 9.78. The first kappa shape index (κ1) is 32.9. The van der Waals surface area contributed by atoms with E-state index in [1.807, 2.05) is 0 Å². The Labute approximate surface area is 238 Å². The van der Waals surface area contributed by atoms with Gasteiger partial charge in [-0.25, -0.2) is 4.39 Å². The van der Waals surface area contributed by atoms with Crippen LogP contribution >= 0.6 is 0 Å². The van der Waals surface area contributed by atoms with Crippen LogP contribution in [0.3, 0.4) is 0 Å². The molecule has 1 heterocycles. The van der Waals surface area contributed by atoms with Crippen LogP contribution in [0.25, 0.3) is 0 Å². The van der Waals surface area contributed by atoms with Crippen molar-refractivity contribution in [2.75, 3.05) is 26.7 Å². The molecule has 1 saturated heterocycles. The second kappa shape index (κ2) is 11.9. The molecular formula is C29H32F7N3O3. The lowest BCUT2D eigenvalue weighted by Gasteiger charge is -2.45. The number of benzene rings is 2. The van der Waals surface area contributed by atoms with Crippen molar-refractivity contribution in [1.82, 2.24) is 15.1 Å². The number of halogens is 7. The van der Waals surface area contributed by atoms with Gasteiger partial charge in [-0.3, -0.25) is 14.4 Å². The fraction of sp³-hybridized carbons (Fsp3) is 0.483. The highest BCUT2D eigenvalue weighted by atomic mass is 19.4. The number of hydrogen-bond acceptors (Lipinski definition) is 3. The lowest BCUT2D eigenvalue weighted by molar-refractivity contribution is -0.145. The number of carbonyl (C=O) groups excluding carboxylic acids is 3. The average molecular weight is 604 g/mol. The monoisotopic (exact) mass is 603 g/mol. The number of piperidine rings is 1. The Morgan fingerprint density at radius 2 is 1.50 bits per heavy atom. The van der Waals surface area contributed by atoms with Gasteiger partial charge in [-0.1, -0.05) is 6.07 Å². The van der Waals surface area contributed by atoms with E-state index in [2.05, 4.69) is 5.32 Å². The number of rotatable bonds is 6. The Morgan fingerprint density at radius 3 is 2.00 bits per heavy atom. The first-order chi connectivity index (χ1) is 19.2. The van der Waals surface area contributed by atoms with E-state index in [0.717, 1.165) is 0 Å². The number of aryl methyl sites for hydroxylation is 1. The molecule has 1 fully saturated rings. The molecule has 6 nitrogen and oxygen atoms in total. The third-order valence-corrected chi connectivity index (χ3v) is 7.71. The van der Waals surface area contributed by atoms with Crippen molar-refractivity contribution in [3.63, 3.8) is 0 Å². The van der Waals surface area contributed by atoms with Crippen LogP contribution in [-0.4, -0.2) is 60.2 Å². The van der Waals surface area contributed by atoms with Gasteiger partial charge >= 0.3 is 12.4 Å². The maximum absolute atomic E-state index is 13.9. The van der Waals surface area contributed by atoms with Crippen LogP contribution in [0.5, 0.6) is 0 Å². The van der Waals surface area contributed by atoms with Crippen LogP contribution in [0.1, 0.15) is 60.9 Å². The second-order valence-corrected chi connectivity index (χ2v) is 11.0. The van der Waals surface area contributed by atoms with Crippen LogP contribution in [-0.2, 0) is 32.2 Å². The molecule has 3 amide bonds. The molecular weight excluding hydrogens is 571 g/mol. The van der Waals surface area contributed by atoms with Gasteiger partial charge in [-0.2, -0.15) is 26.3 Å². The van der Waals surface area contributed by atoms with Crippen LogP contribution < -0.4 is 5.32 Å². The van der Waals surface area contributed by atoms with Gasteiger partial charge in [0.15, 0.2) is 0 Å². The molecule has 3 rings (SSSR count). The molecule has 2 atom stereocenters. The Morgan fingerprint density at radius 1 is 0.952 bits per heavy atom. The summed E-state index contributed by atoms with van der Waals surface area (Å²) < 4.78 is 95.1. The largest absolute Gasteiger partial charge is 0.416 e. The molecule has 0 aliphatic carbocycles. The Kier molecular flexibility index (Phi) is 9.33. The number of likely N-dealkylation sites (tertiary alicyclic amines) is 1. The molecule has 1 aliphatic heterocycles. The van der Waals surface area contributed by atoms with Crippen molar-refractivity contribution in [3.8, 4) is 0 Å². The topological polar surface area (TPSA) is 69.7 Å². The standard InChI is InChI=1S/C29H32F7N3O3/c1-16-10-21(30)6-7-22(16)23-15-39(25(41)14-37-17(2)40)9-8-24(23)38(5)26(42)27(3,4)18-11-19(28(31,32)33)13-20(12-18)29(34,35)36/h6-7,10-13,23-24H,8-9,14-15H2,1-5H3,(H,37,40)/t23-,24+/m0/s1. The third-order valence-electron chi connectivity index (χ3n) is 7.71. The van der Waals surface area contributed by atoms with E-state index in [4.69, 9.17) is 0 Å². The van der Waals surface area contributed by atoms with Crippen molar-refractivity contribution >= 4 is 17.7 Å².